The maximum absolute atomic E-state index is 11.1. The molecule has 0 saturated heterocycles. The van der Waals surface area contributed by atoms with Gasteiger partial charge in [0.2, 0.25) is 10.0 Å². The quantitative estimate of drug-likeness (QED) is 0.398. The molecule has 1 rings (SSSR count). The fourth-order valence-electron chi connectivity index (χ4n) is 1.30. The Morgan fingerprint density at radius 1 is 1.44 bits per heavy atom. The molecule has 7 heteroatoms. The van der Waals surface area contributed by atoms with Gasteiger partial charge in [0.15, 0.2) is 0 Å². The number of hydrogen-bond donors (Lipinski definition) is 3. The molecule has 0 aliphatic heterocycles. The molecule has 18 heavy (non-hydrogen) atoms. The van der Waals surface area contributed by atoms with Gasteiger partial charge in [0.05, 0.1) is 16.3 Å². The number of hydrogen-bond acceptors (Lipinski definition) is 5. The van der Waals surface area contributed by atoms with Crippen molar-refractivity contribution in [3.8, 4) is 0 Å². The minimum absolute atomic E-state index is 0.0200. The van der Waals surface area contributed by atoms with Crippen molar-refractivity contribution in [2.24, 2.45) is 5.14 Å². The lowest BCUT2D eigenvalue weighted by Gasteiger charge is -2.10. The highest BCUT2D eigenvalue weighted by atomic mass is 32.2. The molecule has 0 heterocycles. The molecule has 0 amide bonds. The third-order valence-electron chi connectivity index (χ3n) is 2.15. The van der Waals surface area contributed by atoms with Gasteiger partial charge in [-0.1, -0.05) is 6.08 Å². The predicted molar refractivity (Wildman–Crippen MR) is 78.2 cm³/mol. The van der Waals surface area contributed by atoms with Crippen LogP contribution < -0.4 is 16.2 Å². The van der Waals surface area contributed by atoms with E-state index in [-0.39, 0.29) is 4.90 Å². The van der Waals surface area contributed by atoms with Gasteiger partial charge in [-0.3, -0.25) is 0 Å². The van der Waals surface area contributed by atoms with Gasteiger partial charge in [-0.25, -0.2) is 13.6 Å². The first-order chi connectivity index (χ1) is 8.45. The Hall–Kier alpha value is -1.18. The molecule has 0 fully saturated rings. The second-order valence-corrected chi connectivity index (χ2v) is 6.30. The predicted octanol–water partition coefficient (Wildman–Crippen LogP) is 1.25. The van der Waals surface area contributed by atoms with E-state index in [0.29, 0.717) is 11.4 Å². The third-order valence-corrected chi connectivity index (χ3v) is 4.02. The maximum atomic E-state index is 11.1. The van der Waals surface area contributed by atoms with Crippen LogP contribution in [-0.2, 0) is 10.0 Å². The van der Waals surface area contributed by atoms with E-state index in [2.05, 4.69) is 11.9 Å². The zero-order chi connectivity index (χ0) is 13.6. The molecule has 0 bridgehead atoms. The van der Waals surface area contributed by atoms with Crippen LogP contribution in [0.2, 0.25) is 0 Å². The number of anilines is 2. The number of nitrogens with two attached hydrogens (primary N) is 2. The minimum atomic E-state index is -3.70. The van der Waals surface area contributed by atoms with Crippen molar-refractivity contribution in [2.75, 3.05) is 29.1 Å². The van der Waals surface area contributed by atoms with Gasteiger partial charge in [-0.15, -0.1) is 6.58 Å². The summed E-state index contributed by atoms with van der Waals surface area (Å²) in [6.45, 7) is 4.38. The van der Waals surface area contributed by atoms with E-state index < -0.39 is 10.0 Å². The van der Waals surface area contributed by atoms with Crippen LogP contribution in [0.4, 0.5) is 11.4 Å². The average molecular weight is 287 g/mol. The lowest BCUT2D eigenvalue weighted by atomic mass is 10.2. The fourth-order valence-corrected chi connectivity index (χ4v) is 2.43. The zero-order valence-corrected chi connectivity index (χ0v) is 11.6. The van der Waals surface area contributed by atoms with E-state index in [1.807, 2.05) is 6.08 Å². The van der Waals surface area contributed by atoms with Gasteiger partial charge in [-0.2, -0.15) is 11.8 Å². The van der Waals surface area contributed by atoms with Crippen molar-refractivity contribution < 1.29 is 8.42 Å². The first-order valence-electron chi connectivity index (χ1n) is 5.30. The minimum Gasteiger partial charge on any atom is -0.397 e. The molecule has 5 N–H and O–H groups in total. The normalized spacial score (nSPS) is 11.2. The number of nitrogens with one attached hydrogen (secondary N) is 1. The second-order valence-electron chi connectivity index (χ2n) is 3.58. The van der Waals surface area contributed by atoms with Gasteiger partial charge < -0.3 is 11.1 Å². The first-order valence-corrected chi connectivity index (χ1v) is 8.00. The summed E-state index contributed by atoms with van der Waals surface area (Å²) in [7, 11) is -3.70. The van der Waals surface area contributed by atoms with Crippen LogP contribution in [0.25, 0.3) is 0 Å². The van der Waals surface area contributed by atoms with Crippen LogP contribution in [-0.4, -0.2) is 26.5 Å². The number of thioether (sulfide) groups is 1. The van der Waals surface area contributed by atoms with Crippen LogP contribution in [0.5, 0.6) is 0 Å². The Bertz CT molecular complexity index is 515. The number of benzene rings is 1. The molecular formula is C11H17N3O2S2. The SMILES string of the molecule is C=CCSCCNc1ccc(S(N)(=O)=O)cc1N. The summed E-state index contributed by atoms with van der Waals surface area (Å²) in [6.07, 6.45) is 1.85. The van der Waals surface area contributed by atoms with Gasteiger partial charge in [0.1, 0.15) is 0 Å². The van der Waals surface area contributed by atoms with Crippen LogP contribution in [0.1, 0.15) is 0 Å². The van der Waals surface area contributed by atoms with E-state index in [9.17, 15) is 8.42 Å². The van der Waals surface area contributed by atoms with Crippen LogP contribution in [0.15, 0.2) is 35.7 Å². The summed E-state index contributed by atoms with van der Waals surface area (Å²) in [4.78, 5) is 0.0200. The summed E-state index contributed by atoms with van der Waals surface area (Å²) in [6, 6.07) is 4.41. The van der Waals surface area contributed by atoms with Gasteiger partial charge in [-0.05, 0) is 18.2 Å². The van der Waals surface area contributed by atoms with Crippen molar-refractivity contribution >= 4 is 33.2 Å². The Morgan fingerprint density at radius 2 is 2.17 bits per heavy atom. The van der Waals surface area contributed by atoms with Crippen molar-refractivity contribution in [3.05, 3.63) is 30.9 Å². The number of nitrogen functional groups attached to an aromatic ring is 1. The van der Waals surface area contributed by atoms with Crippen molar-refractivity contribution in [3.63, 3.8) is 0 Å². The molecule has 0 atom stereocenters. The average Bonchev–Trinajstić information content (AvgIpc) is 2.29. The van der Waals surface area contributed by atoms with E-state index in [0.717, 1.165) is 18.1 Å². The Morgan fingerprint density at radius 3 is 2.72 bits per heavy atom. The Kier molecular flexibility index (Phi) is 5.52. The Labute approximate surface area is 112 Å². The van der Waals surface area contributed by atoms with Crippen molar-refractivity contribution in [1.29, 1.82) is 0 Å². The van der Waals surface area contributed by atoms with E-state index in [1.165, 1.54) is 12.1 Å². The monoisotopic (exact) mass is 287 g/mol. The molecule has 1 aromatic rings. The van der Waals surface area contributed by atoms with Crippen molar-refractivity contribution in [2.45, 2.75) is 4.90 Å². The summed E-state index contributed by atoms with van der Waals surface area (Å²) in [5, 5.41) is 8.15. The van der Waals surface area contributed by atoms with E-state index in [1.54, 1.807) is 17.8 Å². The summed E-state index contributed by atoms with van der Waals surface area (Å²) < 4.78 is 22.2. The number of primary sulfonamides is 1. The molecule has 100 valence electrons. The number of sulfonamides is 1. The molecule has 0 aliphatic carbocycles. The van der Waals surface area contributed by atoms with Crippen LogP contribution >= 0.6 is 11.8 Å². The summed E-state index contributed by atoms with van der Waals surface area (Å²) in [5.74, 6) is 1.82. The zero-order valence-electron chi connectivity index (χ0n) is 9.93. The molecule has 0 unspecified atom stereocenters. The highest BCUT2D eigenvalue weighted by Gasteiger charge is 2.09. The van der Waals surface area contributed by atoms with E-state index in [4.69, 9.17) is 10.9 Å². The van der Waals surface area contributed by atoms with E-state index >= 15 is 0 Å². The van der Waals surface area contributed by atoms with Crippen LogP contribution in [0, 0.1) is 0 Å². The smallest absolute Gasteiger partial charge is 0.238 e. The summed E-state index contributed by atoms with van der Waals surface area (Å²) in [5.41, 5.74) is 6.83. The molecule has 1 aromatic carbocycles. The van der Waals surface area contributed by atoms with Gasteiger partial charge in [0, 0.05) is 18.1 Å². The second kappa shape index (κ2) is 6.67. The lowest BCUT2D eigenvalue weighted by Crippen LogP contribution is -2.13. The highest BCUT2D eigenvalue weighted by Crippen LogP contribution is 2.21. The highest BCUT2D eigenvalue weighted by molar-refractivity contribution is 7.99. The van der Waals surface area contributed by atoms with Crippen molar-refractivity contribution in [1.82, 2.24) is 0 Å². The lowest BCUT2D eigenvalue weighted by molar-refractivity contribution is 0.598. The fraction of sp³-hybridized carbons (Fsp3) is 0.273. The molecule has 0 spiro atoms. The maximum Gasteiger partial charge on any atom is 0.238 e. The molecule has 0 aromatic heterocycles. The third kappa shape index (κ3) is 4.59. The first kappa shape index (κ1) is 14.9. The molecule has 0 aliphatic rings. The largest absolute Gasteiger partial charge is 0.397 e. The molecule has 0 saturated carbocycles. The summed E-state index contributed by atoms with van der Waals surface area (Å²) >= 11 is 1.75. The Balaban J connectivity index is 2.61. The van der Waals surface area contributed by atoms with Gasteiger partial charge >= 0.3 is 0 Å². The standard InChI is InChI=1S/C11H17N3O2S2/c1-2-6-17-7-5-14-11-4-3-9(8-10(11)12)18(13,15)16/h2-4,8,14H,1,5-7,12H2,(H2,13,15,16). The van der Waals surface area contributed by atoms with Gasteiger partial charge in [0.25, 0.3) is 0 Å². The number of rotatable bonds is 7. The molecular weight excluding hydrogens is 270 g/mol. The molecule has 0 radical (unpaired) electrons. The molecule has 5 nitrogen and oxygen atoms in total. The topological polar surface area (TPSA) is 98.2 Å². The van der Waals surface area contributed by atoms with Crippen LogP contribution in [0.3, 0.4) is 0 Å².